The Morgan fingerprint density at radius 2 is 1.90 bits per heavy atom. The first-order valence-electron chi connectivity index (χ1n) is 6.79. The number of alkyl halides is 2. The lowest BCUT2D eigenvalue weighted by Gasteiger charge is -2.34. The molecule has 0 spiro atoms. The average Bonchev–Trinajstić information content (AvgIpc) is 2.41. The summed E-state index contributed by atoms with van der Waals surface area (Å²) in [5.74, 6) is 0.199. The largest absolute Gasteiger partial charge is 0.435 e. The van der Waals surface area contributed by atoms with Crippen LogP contribution in [0.15, 0.2) is 24.3 Å². The molecule has 1 aliphatic heterocycles. The molecule has 1 heterocycles. The number of ether oxygens (including phenoxy) is 1. The van der Waals surface area contributed by atoms with Gasteiger partial charge in [-0.15, -0.1) is 0 Å². The summed E-state index contributed by atoms with van der Waals surface area (Å²) in [5.41, 5.74) is 4.33. The third kappa shape index (κ3) is 4.40. The van der Waals surface area contributed by atoms with Crippen molar-refractivity contribution in [3.05, 3.63) is 29.8 Å². The maximum Gasteiger partial charge on any atom is 0.387 e. The predicted molar refractivity (Wildman–Crippen MR) is 73.7 cm³/mol. The molecule has 4 nitrogen and oxygen atoms in total. The summed E-state index contributed by atoms with van der Waals surface area (Å²) in [6.07, 6.45) is 0. The molecule has 1 N–H and O–H groups in total. The quantitative estimate of drug-likeness (QED) is 0.896. The maximum atomic E-state index is 12.2. The summed E-state index contributed by atoms with van der Waals surface area (Å²) in [6.45, 7) is 3.18. The van der Waals surface area contributed by atoms with Crippen molar-refractivity contribution >= 4 is 0 Å². The molecule has 1 fully saturated rings. The van der Waals surface area contributed by atoms with Crippen LogP contribution in [0, 0.1) is 0 Å². The summed E-state index contributed by atoms with van der Waals surface area (Å²) in [6, 6.07) is 6.89. The monoisotopic (exact) mass is 285 g/mol. The zero-order chi connectivity index (χ0) is 14.5. The zero-order valence-corrected chi connectivity index (χ0v) is 11.9. The van der Waals surface area contributed by atoms with Crippen molar-refractivity contribution < 1.29 is 13.5 Å². The van der Waals surface area contributed by atoms with E-state index in [9.17, 15) is 8.78 Å². The molecule has 0 aromatic heterocycles. The second-order valence-electron chi connectivity index (χ2n) is 5.09. The van der Waals surface area contributed by atoms with Gasteiger partial charge in [0.15, 0.2) is 0 Å². The van der Waals surface area contributed by atoms with Crippen LogP contribution >= 0.6 is 0 Å². The fourth-order valence-electron chi connectivity index (χ4n) is 2.24. The minimum absolute atomic E-state index is 0.0552. The van der Waals surface area contributed by atoms with Gasteiger partial charge in [-0.3, -0.25) is 0 Å². The summed E-state index contributed by atoms with van der Waals surface area (Å²) in [5, 5.41) is 2.17. The van der Waals surface area contributed by atoms with Crippen LogP contribution in [0.5, 0.6) is 5.75 Å². The Balaban J connectivity index is 1.93. The number of nitrogens with zero attached hydrogens (tertiary/aromatic N) is 2. The number of benzene rings is 1. The van der Waals surface area contributed by atoms with E-state index in [4.69, 9.17) is 0 Å². The lowest BCUT2D eigenvalue weighted by molar-refractivity contribution is -0.0499. The molecule has 0 radical (unpaired) electrons. The van der Waals surface area contributed by atoms with Crippen LogP contribution < -0.4 is 10.2 Å². The van der Waals surface area contributed by atoms with Crippen molar-refractivity contribution in [2.24, 2.45) is 0 Å². The number of hydrogen-bond donors (Lipinski definition) is 1. The molecular formula is C14H21F2N3O. The molecule has 6 heteroatoms. The maximum absolute atomic E-state index is 12.2. The highest BCUT2D eigenvalue weighted by Crippen LogP contribution is 2.21. The average molecular weight is 285 g/mol. The Morgan fingerprint density at radius 3 is 2.55 bits per heavy atom. The van der Waals surface area contributed by atoms with Crippen molar-refractivity contribution in [1.29, 1.82) is 0 Å². The lowest BCUT2D eigenvalue weighted by Crippen LogP contribution is -2.51. The van der Waals surface area contributed by atoms with Crippen LogP contribution in [-0.2, 0) is 0 Å². The molecule has 1 unspecified atom stereocenters. The topological polar surface area (TPSA) is 27.7 Å². The molecule has 0 bridgehead atoms. The lowest BCUT2D eigenvalue weighted by atomic mass is 10.1. The van der Waals surface area contributed by atoms with Crippen molar-refractivity contribution in [2.75, 3.05) is 33.2 Å². The number of halogens is 2. The third-order valence-electron chi connectivity index (χ3n) is 3.46. The Hall–Kier alpha value is -1.24. The minimum Gasteiger partial charge on any atom is -0.435 e. The Morgan fingerprint density at radius 1 is 1.20 bits per heavy atom. The molecule has 20 heavy (non-hydrogen) atoms. The first kappa shape index (κ1) is 15.2. The second-order valence-corrected chi connectivity index (χ2v) is 5.09. The van der Waals surface area contributed by atoms with Gasteiger partial charge in [-0.1, -0.05) is 12.1 Å². The molecule has 1 aromatic rings. The van der Waals surface area contributed by atoms with E-state index in [-0.39, 0.29) is 11.8 Å². The molecule has 1 saturated heterocycles. The van der Waals surface area contributed by atoms with Crippen LogP contribution in [0.25, 0.3) is 0 Å². The molecule has 2 rings (SSSR count). The van der Waals surface area contributed by atoms with Gasteiger partial charge < -0.3 is 9.64 Å². The van der Waals surface area contributed by atoms with Gasteiger partial charge in [0.2, 0.25) is 0 Å². The second kappa shape index (κ2) is 6.97. The minimum atomic E-state index is -2.79. The van der Waals surface area contributed by atoms with Gasteiger partial charge in [0, 0.05) is 32.2 Å². The molecule has 112 valence electrons. The fraction of sp³-hybridized carbons (Fsp3) is 0.571. The van der Waals surface area contributed by atoms with Gasteiger partial charge in [0.05, 0.1) is 0 Å². The number of nitrogens with one attached hydrogen (secondary N) is 1. The van der Waals surface area contributed by atoms with Crippen LogP contribution in [0.2, 0.25) is 0 Å². The van der Waals surface area contributed by atoms with Gasteiger partial charge >= 0.3 is 6.61 Å². The number of rotatable bonds is 5. The Labute approximate surface area is 118 Å². The van der Waals surface area contributed by atoms with E-state index >= 15 is 0 Å². The smallest absolute Gasteiger partial charge is 0.387 e. The fourth-order valence-corrected chi connectivity index (χ4v) is 2.24. The first-order valence-corrected chi connectivity index (χ1v) is 6.79. The van der Waals surface area contributed by atoms with E-state index in [2.05, 4.69) is 27.1 Å². The molecular weight excluding hydrogens is 264 g/mol. The van der Waals surface area contributed by atoms with E-state index in [1.165, 1.54) is 6.07 Å². The van der Waals surface area contributed by atoms with Gasteiger partial charge in [0.1, 0.15) is 5.75 Å². The molecule has 1 aromatic carbocycles. The third-order valence-corrected chi connectivity index (χ3v) is 3.46. The summed E-state index contributed by atoms with van der Waals surface area (Å²) in [7, 11) is 2.10. The molecule has 0 saturated carbocycles. The number of hydrogen-bond acceptors (Lipinski definition) is 4. The summed E-state index contributed by atoms with van der Waals surface area (Å²) in [4.78, 5) is 2.28. The van der Waals surface area contributed by atoms with Crippen molar-refractivity contribution in [3.63, 3.8) is 0 Å². The van der Waals surface area contributed by atoms with E-state index in [0.717, 1.165) is 31.7 Å². The summed E-state index contributed by atoms with van der Waals surface area (Å²) >= 11 is 0. The van der Waals surface area contributed by atoms with E-state index in [0.29, 0.717) is 0 Å². The van der Waals surface area contributed by atoms with E-state index in [1.807, 2.05) is 13.0 Å². The van der Waals surface area contributed by atoms with Crippen LogP contribution in [0.1, 0.15) is 18.5 Å². The normalized spacial score (nSPS) is 19.2. The van der Waals surface area contributed by atoms with Gasteiger partial charge in [0.25, 0.3) is 0 Å². The number of piperazine rings is 1. The highest BCUT2D eigenvalue weighted by atomic mass is 19.3. The van der Waals surface area contributed by atoms with Crippen LogP contribution in [-0.4, -0.2) is 49.7 Å². The first-order chi connectivity index (χ1) is 9.54. The highest BCUT2D eigenvalue weighted by Gasteiger charge is 2.16. The molecule has 0 aliphatic carbocycles. The number of hydrazine groups is 1. The summed E-state index contributed by atoms with van der Waals surface area (Å²) < 4.78 is 28.9. The zero-order valence-electron chi connectivity index (χ0n) is 11.9. The highest BCUT2D eigenvalue weighted by molar-refractivity contribution is 5.30. The van der Waals surface area contributed by atoms with Crippen LogP contribution in [0.3, 0.4) is 0 Å². The van der Waals surface area contributed by atoms with Gasteiger partial charge in [-0.2, -0.15) is 8.78 Å². The Bertz CT molecular complexity index is 423. The van der Waals surface area contributed by atoms with Crippen molar-refractivity contribution in [1.82, 2.24) is 15.3 Å². The van der Waals surface area contributed by atoms with E-state index < -0.39 is 6.61 Å². The van der Waals surface area contributed by atoms with Gasteiger partial charge in [-0.25, -0.2) is 10.4 Å². The van der Waals surface area contributed by atoms with Crippen molar-refractivity contribution in [2.45, 2.75) is 19.6 Å². The molecule has 1 aliphatic rings. The molecule has 0 amide bonds. The predicted octanol–water partition coefficient (Wildman–Crippen LogP) is 2.10. The number of likely N-dealkylation sites (N-methyl/N-ethyl adjacent to an activating group) is 1. The Kier molecular flexibility index (Phi) is 5.28. The van der Waals surface area contributed by atoms with Crippen molar-refractivity contribution in [3.8, 4) is 5.75 Å². The standard InChI is InChI=1S/C14H21F2N3O/c1-11(17-19-8-6-18(2)7-9-19)12-4-3-5-13(10-12)20-14(15)16/h3-5,10-11,14,17H,6-9H2,1-2H3. The van der Waals surface area contributed by atoms with E-state index in [1.54, 1.807) is 12.1 Å². The molecule has 1 atom stereocenters. The van der Waals surface area contributed by atoms with Crippen LogP contribution in [0.4, 0.5) is 8.78 Å². The SMILES string of the molecule is CC(NN1CCN(C)CC1)c1cccc(OC(F)F)c1. The van der Waals surface area contributed by atoms with Gasteiger partial charge in [-0.05, 0) is 31.7 Å².